The lowest BCUT2D eigenvalue weighted by Gasteiger charge is -2.05. The summed E-state index contributed by atoms with van der Waals surface area (Å²) >= 11 is 7.56. The summed E-state index contributed by atoms with van der Waals surface area (Å²) in [5.41, 5.74) is 1.06. The van der Waals surface area contributed by atoms with Crippen molar-refractivity contribution < 1.29 is 0 Å². The van der Waals surface area contributed by atoms with Crippen molar-refractivity contribution in [3.05, 3.63) is 32.6 Å². The van der Waals surface area contributed by atoms with Crippen LogP contribution in [-0.4, -0.2) is 15.0 Å². The van der Waals surface area contributed by atoms with Crippen molar-refractivity contribution in [2.75, 3.05) is 5.32 Å². The van der Waals surface area contributed by atoms with Crippen LogP contribution in [0.3, 0.4) is 0 Å². The molecule has 0 spiro atoms. The third kappa shape index (κ3) is 3.14. The van der Waals surface area contributed by atoms with Gasteiger partial charge in [-0.1, -0.05) is 11.6 Å². The normalized spacial score (nSPS) is 10.6. The molecule has 2 heterocycles. The van der Waals surface area contributed by atoms with Crippen LogP contribution in [0.1, 0.15) is 21.4 Å². The second-order valence-corrected chi connectivity index (χ2v) is 5.51. The van der Waals surface area contributed by atoms with Gasteiger partial charge in [0.25, 0.3) is 0 Å². The molecule has 0 atom stereocenters. The molecule has 0 aliphatic heterocycles. The van der Waals surface area contributed by atoms with E-state index < -0.39 is 0 Å². The third-order valence-electron chi connectivity index (χ3n) is 2.24. The molecule has 6 heteroatoms. The van der Waals surface area contributed by atoms with E-state index in [0.717, 1.165) is 16.5 Å². The van der Waals surface area contributed by atoms with Gasteiger partial charge in [-0.2, -0.15) is 0 Å². The largest absolute Gasteiger partial charge is 0.364 e. The summed E-state index contributed by atoms with van der Waals surface area (Å²) in [7, 11) is 0. The zero-order valence-electron chi connectivity index (χ0n) is 9.91. The minimum atomic E-state index is 0.450. The van der Waals surface area contributed by atoms with Gasteiger partial charge in [0.15, 0.2) is 0 Å². The number of rotatable bonds is 3. The van der Waals surface area contributed by atoms with Gasteiger partial charge in [0, 0.05) is 10.9 Å². The highest BCUT2D eigenvalue weighted by atomic mass is 35.5. The first-order valence-corrected chi connectivity index (χ1v) is 6.42. The summed E-state index contributed by atoms with van der Waals surface area (Å²) in [6.07, 6.45) is 0. The molecule has 0 amide bonds. The number of halogens is 1. The van der Waals surface area contributed by atoms with Crippen molar-refractivity contribution >= 4 is 28.8 Å². The summed E-state index contributed by atoms with van der Waals surface area (Å²) in [6.45, 7) is 6.55. The lowest BCUT2D eigenvalue weighted by molar-refractivity contribution is 0.991. The van der Waals surface area contributed by atoms with Gasteiger partial charge < -0.3 is 5.32 Å². The summed E-state index contributed by atoms with van der Waals surface area (Å²) in [5, 5.41) is 4.74. The van der Waals surface area contributed by atoms with Crippen LogP contribution in [0.2, 0.25) is 5.15 Å². The van der Waals surface area contributed by atoms with Crippen LogP contribution in [-0.2, 0) is 6.54 Å². The molecule has 0 saturated carbocycles. The van der Waals surface area contributed by atoms with E-state index in [1.54, 1.807) is 17.4 Å². The molecular formula is C11H13ClN4S. The zero-order valence-corrected chi connectivity index (χ0v) is 11.5. The fourth-order valence-corrected chi connectivity index (χ4v) is 2.59. The van der Waals surface area contributed by atoms with Crippen LogP contribution in [0, 0.1) is 20.8 Å². The minimum Gasteiger partial charge on any atom is -0.364 e. The predicted molar refractivity (Wildman–Crippen MR) is 70.7 cm³/mol. The highest BCUT2D eigenvalue weighted by Crippen LogP contribution is 2.18. The molecule has 0 aliphatic rings. The van der Waals surface area contributed by atoms with Gasteiger partial charge in [-0.15, -0.1) is 11.3 Å². The lowest BCUT2D eigenvalue weighted by Crippen LogP contribution is -2.04. The third-order valence-corrected chi connectivity index (χ3v) is 3.37. The molecule has 0 bridgehead atoms. The maximum absolute atomic E-state index is 5.86. The molecule has 17 heavy (non-hydrogen) atoms. The van der Waals surface area contributed by atoms with Gasteiger partial charge in [-0.3, -0.25) is 0 Å². The van der Waals surface area contributed by atoms with Crippen molar-refractivity contribution in [3.8, 4) is 0 Å². The standard InChI is InChI=1S/C11H13ClN4S/c1-6-9(16-8(3)17-6)5-13-11-4-10(12)14-7(2)15-11/h4H,5H2,1-3H3,(H,13,14,15). The molecular weight excluding hydrogens is 256 g/mol. The van der Waals surface area contributed by atoms with E-state index in [0.29, 0.717) is 17.5 Å². The fourth-order valence-electron chi connectivity index (χ4n) is 1.53. The van der Waals surface area contributed by atoms with E-state index in [9.17, 15) is 0 Å². The highest BCUT2D eigenvalue weighted by molar-refractivity contribution is 7.11. The molecule has 0 fully saturated rings. The summed E-state index contributed by atoms with van der Waals surface area (Å²) in [5.74, 6) is 1.39. The molecule has 0 saturated heterocycles. The Morgan fingerprint density at radius 3 is 2.59 bits per heavy atom. The molecule has 2 rings (SSSR count). The van der Waals surface area contributed by atoms with E-state index in [2.05, 4.69) is 27.2 Å². The average molecular weight is 269 g/mol. The molecule has 1 N–H and O–H groups in total. The Labute approximate surface area is 109 Å². The van der Waals surface area contributed by atoms with Crippen molar-refractivity contribution in [2.24, 2.45) is 0 Å². The van der Waals surface area contributed by atoms with Crippen molar-refractivity contribution in [1.29, 1.82) is 0 Å². The monoisotopic (exact) mass is 268 g/mol. The predicted octanol–water partition coefficient (Wildman–Crippen LogP) is 3.12. The number of anilines is 1. The topological polar surface area (TPSA) is 50.7 Å². The molecule has 0 aliphatic carbocycles. The summed E-state index contributed by atoms with van der Waals surface area (Å²) in [4.78, 5) is 13.9. The van der Waals surface area contributed by atoms with Crippen LogP contribution in [0.25, 0.3) is 0 Å². The molecule has 2 aromatic rings. The lowest BCUT2D eigenvalue weighted by atomic mass is 10.4. The van der Waals surface area contributed by atoms with Gasteiger partial charge >= 0.3 is 0 Å². The van der Waals surface area contributed by atoms with E-state index in [-0.39, 0.29) is 0 Å². The summed E-state index contributed by atoms with van der Waals surface area (Å²) < 4.78 is 0. The molecule has 2 aromatic heterocycles. The second-order valence-electron chi connectivity index (χ2n) is 3.71. The smallest absolute Gasteiger partial charge is 0.134 e. The Morgan fingerprint density at radius 1 is 1.24 bits per heavy atom. The second kappa shape index (κ2) is 4.98. The Hall–Kier alpha value is -1.20. The first-order valence-electron chi connectivity index (χ1n) is 5.22. The number of nitrogens with zero attached hydrogens (tertiary/aromatic N) is 3. The van der Waals surface area contributed by atoms with E-state index >= 15 is 0 Å². The molecule has 0 radical (unpaired) electrons. The molecule has 0 unspecified atom stereocenters. The summed E-state index contributed by atoms with van der Waals surface area (Å²) in [6, 6.07) is 1.71. The first kappa shape index (κ1) is 12.3. The highest BCUT2D eigenvalue weighted by Gasteiger charge is 2.05. The SMILES string of the molecule is Cc1nc(Cl)cc(NCc2nc(C)sc2C)n1. The number of aryl methyl sites for hydroxylation is 3. The minimum absolute atomic E-state index is 0.450. The molecule has 0 aromatic carbocycles. The Morgan fingerprint density at radius 2 is 2.00 bits per heavy atom. The Kier molecular flexibility index (Phi) is 3.59. The Bertz CT molecular complexity index is 518. The van der Waals surface area contributed by atoms with Gasteiger partial charge in [0.2, 0.25) is 0 Å². The van der Waals surface area contributed by atoms with Crippen LogP contribution in [0.4, 0.5) is 5.82 Å². The quantitative estimate of drug-likeness (QED) is 0.869. The van der Waals surface area contributed by atoms with Gasteiger partial charge in [-0.25, -0.2) is 15.0 Å². The average Bonchev–Trinajstić information content (AvgIpc) is 2.53. The number of hydrogen-bond acceptors (Lipinski definition) is 5. The van der Waals surface area contributed by atoms with Crippen molar-refractivity contribution in [2.45, 2.75) is 27.3 Å². The van der Waals surface area contributed by atoms with Crippen LogP contribution >= 0.6 is 22.9 Å². The van der Waals surface area contributed by atoms with Gasteiger partial charge in [-0.05, 0) is 20.8 Å². The van der Waals surface area contributed by atoms with Crippen LogP contribution in [0.15, 0.2) is 6.07 Å². The van der Waals surface area contributed by atoms with Crippen molar-refractivity contribution in [3.63, 3.8) is 0 Å². The number of thiazole rings is 1. The number of nitrogens with one attached hydrogen (secondary N) is 1. The first-order chi connectivity index (χ1) is 8.04. The van der Waals surface area contributed by atoms with Crippen LogP contribution in [0.5, 0.6) is 0 Å². The van der Waals surface area contributed by atoms with E-state index in [4.69, 9.17) is 11.6 Å². The van der Waals surface area contributed by atoms with Gasteiger partial charge in [0.05, 0.1) is 17.2 Å². The Balaban J connectivity index is 2.09. The number of aromatic nitrogens is 3. The fraction of sp³-hybridized carbons (Fsp3) is 0.364. The van der Waals surface area contributed by atoms with E-state index in [1.165, 1.54) is 4.88 Å². The van der Waals surface area contributed by atoms with Crippen LogP contribution < -0.4 is 5.32 Å². The van der Waals surface area contributed by atoms with E-state index in [1.807, 2.05) is 13.8 Å². The van der Waals surface area contributed by atoms with Gasteiger partial charge in [0.1, 0.15) is 16.8 Å². The zero-order chi connectivity index (χ0) is 12.4. The number of hydrogen-bond donors (Lipinski definition) is 1. The molecule has 4 nitrogen and oxygen atoms in total. The molecule has 90 valence electrons. The maximum Gasteiger partial charge on any atom is 0.134 e. The van der Waals surface area contributed by atoms with Crippen molar-refractivity contribution in [1.82, 2.24) is 15.0 Å². The maximum atomic E-state index is 5.86.